The third kappa shape index (κ3) is 2.68. The van der Waals surface area contributed by atoms with Gasteiger partial charge in [0, 0.05) is 36.4 Å². The van der Waals surface area contributed by atoms with Gasteiger partial charge in [-0.2, -0.15) is 0 Å². The predicted molar refractivity (Wildman–Crippen MR) is 115 cm³/mol. The molecule has 4 heteroatoms. The number of para-hydroxylation sites is 2. The lowest BCUT2D eigenvalue weighted by molar-refractivity contribution is 0.177. The van der Waals surface area contributed by atoms with Gasteiger partial charge in [0.2, 0.25) is 0 Å². The van der Waals surface area contributed by atoms with Crippen LogP contribution in [-0.4, -0.2) is 24.0 Å². The molecule has 0 N–H and O–H groups in total. The molecular formula is C24H25ClN2O. The van der Waals surface area contributed by atoms with Gasteiger partial charge in [0.15, 0.2) is 0 Å². The minimum absolute atomic E-state index is 0. The van der Waals surface area contributed by atoms with E-state index in [0.717, 1.165) is 38.2 Å². The van der Waals surface area contributed by atoms with Gasteiger partial charge >= 0.3 is 0 Å². The van der Waals surface area contributed by atoms with Crippen molar-refractivity contribution in [2.45, 2.75) is 37.8 Å². The van der Waals surface area contributed by atoms with Crippen molar-refractivity contribution in [3.05, 3.63) is 83.3 Å². The van der Waals surface area contributed by atoms with Crippen molar-refractivity contribution in [1.82, 2.24) is 4.90 Å². The van der Waals surface area contributed by atoms with Crippen LogP contribution in [0.1, 0.15) is 34.8 Å². The molecule has 6 rings (SSSR count). The molecule has 3 aliphatic heterocycles. The fraction of sp³-hybridized carbons (Fsp3) is 0.333. The van der Waals surface area contributed by atoms with Crippen LogP contribution in [0.25, 0.3) is 0 Å². The molecule has 1 saturated heterocycles. The number of likely N-dealkylation sites (tertiary alicyclic amines) is 1. The van der Waals surface area contributed by atoms with Crippen LogP contribution in [0.15, 0.2) is 65.3 Å². The van der Waals surface area contributed by atoms with Crippen molar-refractivity contribution in [3.63, 3.8) is 0 Å². The van der Waals surface area contributed by atoms with E-state index in [9.17, 15) is 0 Å². The van der Waals surface area contributed by atoms with E-state index in [2.05, 4.69) is 58.3 Å². The van der Waals surface area contributed by atoms with Gasteiger partial charge in [0.1, 0.15) is 5.76 Å². The molecule has 0 spiro atoms. The molecule has 1 fully saturated rings. The van der Waals surface area contributed by atoms with Crippen molar-refractivity contribution >= 4 is 23.8 Å². The molecule has 2 atom stereocenters. The minimum atomic E-state index is 0. The summed E-state index contributed by atoms with van der Waals surface area (Å²) >= 11 is 0. The molecule has 0 radical (unpaired) electrons. The van der Waals surface area contributed by atoms with Gasteiger partial charge in [0.25, 0.3) is 0 Å². The van der Waals surface area contributed by atoms with E-state index in [1.807, 2.05) is 6.07 Å². The zero-order valence-electron chi connectivity index (χ0n) is 15.9. The number of halogens is 1. The maximum atomic E-state index is 5.60. The molecule has 28 heavy (non-hydrogen) atoms. The zero-order valence-corrected chi connectivity index (χ0v) is 16.7. The van der Waals surface area contributed by atoms with Gasteiger partial charge in [-0.15, -0.1) is 12.4 Å². The summed E-state index contributed by atoms with van der Waals surface area (Å²) in [4.78, 5) is 5.26. The van der Waals surface area contributed by atoms with Crippen LogP contribution < -0.4 is 4.90 Å². The molecule has 4 heterocycles. The van der Waals surface area contributed by atoms with Gasteiger partial charge in [0.05, 0.1) is 12.8 Å². The number of hydrogen-bond acceptors (Lipinski definition) is 3. The molecule has 144 valence electrons. The Bertz CT molecular complexity index is 984. The van der Waals surface area contributed by atoms with Gasteiger partial charge < -0.3 is 9.32 Å². The summed E-state index contributed by atoms with van der Waals surface area (Å²) in [7, 11) is 0. The summed E-state index contributed by atoms with van der Waals surface area (Å²) < 4.78 is 5.60. The van der Waals surface area contributed by atoms with Gasteiger partial charge in [-0.05, 0) is 54.2 Å². The van der Waals surface area contributed by atoms with Crippen LogP contribution >= 0.6 is 12.4 Å². The first-order valence-corrected chi connectivity index (χ1v) is 10.1. The Morgan fingerprint density at radius 2 is 1.79 bits per heavy atom. The summed E-state index contributed by atoms with van der Waals surface area (Å²) in [5, 5.41) is 0. The van der Waals surface area contributed by atoms with E-state index < -0.39 is 0 Å². The number of piperidine rings is 1. The van der Waals surface area contributed by atoms with Crippen LogP contribution in [0.4, 0.5) is 11.4 Å². The lowest BCUT2D eigenvalue weighted by atomic mass is 9.87. The highest BCUT2D eigenvalue weighted by Crippen LogP contribution is 2.52. The van der Waals surface area contributed by atoms with E-state index in [1.165, 1.54) is 28.9 Å². The van der Waals surface area contributed by atoms with E-state index in [-0.39, 0.29) is 12.4 Å². The number of furan rings is 1. The molecule has 0 saturated carbocycles. The summed E-state index contributed by atoms with van der Waals surface area (Å²) in [5.74, 6) is 1.65. The molecule has 3 aliphatic rings. The van der Waals surface area contributed by atoms with Crippen molar-refractivity contribution in [2.75, 3.05) is 18.0 Å². The Kier molecular flexibility index (Phi) is 4.45. The molecule has 3 aromatic rings. The normalized spacial score (nSPS) is 22.6. The molecule has 2 unspecified atom stereocenters. The highest BCUT2D eigenvalue weighted by Gasteiger charge is 2.44. The summed E-state index contributed by atoms with van der Waals surface area (Å²) in [5.41, 5.74) is 7.53. The van der Waals surface area contributed by atoms with E-state index in [4.69, 9.17) is 4.42 Å². The van der Waals surface area contributed by atoms with Crippen LogP contribution in [0.3, 0.4) is 0 Å². The standard InChI is InChI=1S/C24H24N2O.ClH/c1-2-9-22-17(5-1)10-11-18-6-3-8-20-21-16-25(15-19-7-4-14-27-19)13-12-23(21)26(22)24(18)20;/h1-9,14,21,23H,10-13,15-16H2;1H. The number of rotatable bonds is 2. The lowest BCUT2D eigenvalue weighted by Crippen LogP contribution is -2.44. The second-order valence-electron chi connectivity index (χ2n) is 8.13. The monoisotopic (exact) mass is 392 g/mol. The second kappa shape index (κ2) is 6.98. The largest absolute Gasteiger partial charge is 0.468 e. The van der Waals surface area contributed by atoms with Crippen molar-refractivity contribution < 1.29 is 4.42 Å². The molecule has 0 bridgehead atoms. The van der Waals surface area contributed by atoms with Crippen LogP contribution in [-0.2, 0) is 19.4 Å². The topological polar surface area (TPSA) is 19.6 Å². The first-order valence-electron chi connectivity index (χ1n) is 10.1. The van der Waals surface area contributed by atoms with Crippen molar-refractivity contribution in [3.8, 4) is 0 Å². The van der Waals surface area contributed by atoms with Gasteiger partial charge in [-0.1, -0.05) is 36.4 Å². The second-order valence-corrected chi connectivity index (χ2v) is 8.13. The molecule has 1 aromatic heterocycles. The summed E-state index contributed by atoms with van der Waals surface area (Å²) in [6, 6.07) is 20.7. The molecule has 0 amide bonds. The number of fused-ring (bicyclic) bond motifs is 5. The fourth-order valence-corrected chi connectivity index (χ4v) is 5.49. The Morgan fingerprint density at radius 1 is 0.929 bits per heavy atom. The van der Waals surface area contributed by atoms with Crippen LogP contribution in [0, 0.1) is 0 Å². The van der Waals surface area contributed by atoms with Crippen molar-refractivity contribution in [1.29, 1.82) is 0 Å². The first-order chi connectivity index (χ1) is 13.4. The first kappa shape index (κ1) is 17.8. The number of aryl methyl sites for hydroxylation is 2. The molecule has 2 aromatic carbocycles. The quantitative estimate of drug-likeness (QED) is 0.589. The highest BCUT2D eigenvalue weighted by atomic mass is 35.5. The Morgan fingerprint density at radius 3 is 2.68 bits per heavy atom. The SMILES string of the molecule is Cl.c1coc(CN2CCC3C(C2)c2cccc4c2N3c2ccccc2CC4)c1. The maximum Gasteiger partial charge on any atom is 0.117 e. The van der Waals surface area contributed by atoms with Crippen molar-refractivity contribution in [2.24, 2.45) is 0 Å². The third-order valence-electron chi connectivity index (χ3n) is 6.66. The Balaban J connectivity index is 0.00000171. The summed E-state index contributed by atoms with van der Waals surface area (Å²) in [6.07, 6.45) is 5.27. The predicted octanol–water partition coefficient (Wildman–Crippen LogP) is 5.31. The number of benzene rings is 2. The fourth-order valence-electron chi connectivity index (χ4n) is 5.49. The molecule has 3 nitrogen and oxygen atoms in total. The van der Waals surface area contributed by atoms with Crippen LogP contribution in [0.5, 0.6) is 0 Å². The van der Waals surface area contributed by atoms with Gasteiger partial charge in [-0.25, -0.2) is 0 Å². The van der Waals surface area contributed by atoms with Crippen LogP contribution in [0.2, 0.25) is 0 Å². The Labute approximate surface area is 172 Å². The maximum absolute atomic E-state index is 5.60. The highest BCUT2D eigenvalue weighted by molar-refractivity contribution is 5.85. The van der Waals surface area contributed by atoms with E-state index >= 15 is 0 Å². The average molecular weight is 393 g/mol. The zero-order chi connectivity index (χ0) is 17.8. The smallest absolute Gasteiger partial charge is 0.117 e. The van der Waals surface area contributed by atoms with E-state index in [1.54, 1.807) is 11.8 Å². The molecular weight excluding hydrogens is 368 g/mol. The number of anilines is 2. The number of nitrogens with zero attached hydrogens (tertiary/aromatic N) is 2. The summed E-state index contributed by atoms with van der Waals surface area (Å²) in [6.45, 7) is 3.16. The third-order valence-corrected chi connectivity index (χ3v) is 6.66. The Hall–Kier alpha value is -2.23. The molecule has 0 aliphatic carbocycles. The minimum Gasteiger partial charge on any atom is -0.468 e. The van der Waals surface area contributed by atoms with Gasteiger partial charge in [-0.3, -0.25) is 4.90 Å². The number of hydrogen-bond donors (Lipinski definition) is 0. The average Bonchev–Trinajstić information content (AvgIpc) is 3.28. The lowest BCUT2D eigenvalue weighted by Gasteiger charge is -2.39. The van der Waals surface area contributed by atoms with E-state index in [0.29, 0.717) is 12.0 Å².